The van der Waals surface area contributed by atoms with E-state index in [0.717, 1.165) is 28.7 Å². The van der Waals surface area contributed by atoms with Gasteiger partial charge in [-0.2, -0.15) is 0 Å². The molecule has 4 aromatic rings. The first-order valence-electron chi connectivity index (χ1n) is 13.1. The highest BCUT2D eigenvalue weighted by Crippen LogP contribution is 2.30. The van der Waals surface area contributed by atoms with Crippen LogP contribution in [0.4, 0.5) is 11.4 Å². The molecule has 7 nitrogen and oxygen atoms in total. The van der Waals surface area contributed by atoms with Gasteiger partial charge in [-0.3, -0.25) is 14.8 Å². The van der Waals surface area contributed by atoms with Gasteiger partial charge in [-0.15, -0.1) is 0 Å². The Balaban J connectivity index is 1.32. The number of aliphatic imine (C=N–C) groups is 2. The average molecular weight is 545 g/mol. The van der Waals surface area contributed by atoms with Gasteiger partial charge in [0.05, 0.1) is 11.4 Å². The Labute approximate surface area is 237 Å². The summed E-state index contributed by atoms with van der Waals surface area (Å²) in [6, 6.07) is 23.6. The van der Waals surface area contributed by atoms with Gasteiger partial charge < -0.3 is 20.4 Å². The Kier molecular flexibility index (Phi) is 8.06. The van der Waals surface area contributed by atoms with Gasteiger partial charge in [0.15, 0.2) is 5.78 Å². The van der Waals surface area contributed by atoms with E-state index in [1.807, 2.05) is 60.7 Å². The predicted molar refractivity (Wildman–Crippen MR) is 162 cm³/mol. The lowest BCUT2D eigenvalue weighted by Gasteiger charge is -2.16. The number of nitrogens with zero attached hydrogens (tertiary/aromatic N) is 2. The smallest absolute Gasteiger partial charge is 0.185 e. The highest BCUT2D eigenvalue weighted by molar-refractivity contribution is 6.14. The molecule has 1 fully saturated rings. The fourth-order valence-corrected chi connectivity index (χ4v) is 4.54. The van der Waals surface area contributed by atoms with Crippen molar-refractivity contribution in [2.45, 2.75) is 19.3 Å². The van der Waals surface area contributed by atoms with Gasteiger partial charge in [-0.25, -0.2) is 0 Å². The van der Waals surface area contributed by atoms with Crippen molar-refractivity contribution in [3.8, 4) is 23.0 Å². The lowest BCUT2D eigenvalue weighted by Crippen LogP contribution is -2.12. The molecule has 4 aromatic carbocycles. The lowest BCUT2D eigenvalue weighted by atomic mass is 9.87. The summed E-state index contributed by atoms with van der Waals surface area (Å²) in [6.45, 7) is 0. The molecule has 1 saturated carbocycles. The number of phenolic OH excluding ortho intramolecular Hbond substituents is 4. The van der Waals surface area contributed by atoms with Gasteiger partial charge >= 0.3 is 0 Å². The second-order valence-corrected chi connectivity index (χ2v) is 9.71. The Hall–Kier alpha value is -5.43. The fraction of sp³-hybridized carbons (Fsp3) is 0.0882. The number of hydrogen-bond donors (Lipinski definition) is 4. The van der Waals surface area contributed by atoms with Crippen molar-refractivity contribution in [3.05, 3.63) is 118 Å². The van der Waals surface area contributed by atoms with E-state index >= 15 is 0 Å². The summed E-state index contributed by atoms with van der Waals surface area (Å²) in [6.07, 6.45) is 9.09. The first kappa shape index (κ1) is 27.1. The minimum absolute atomic E-state index is 0.0158. The standard InChI is InChI=1S/C34H28N2O5/c37-30-12-10-26(32(39)18-30)20-35-28-8-1-4-22(16-28)14-24-6-3-7-25(34(24)41)15-23-5-2-9-29(17-23)36-21-27-11-13-31(38)19-33(27)40/h1-2,4-5,8-21,37-40H,3,6-7H2/b24-14+,25-15+,35-20?,36-21?. The molecule has 0 amide bonds. The van der Waals surface area contributed by atoms with Gasteiger partial charge in [0, 0.05) is 46.8 Å². The molecule has 0 radical (unpaired) electrons. The number of ketones is 1. The van der Waals surface area contributed by atoms with Gasteiger partial charge in [0.2, 0.25) is 0 Å². The number of hydrogen-bond acceptors (Lipinski definition) is 7. The summed E-state index contributed by atoms with van der Waals surface area (Å²) >= 11 is 0. The molecule has 0 heterocycles. The number of Topliss-reactive ketones (excluding diaryl/α,β-unsaturated/α-hetero) is 1. The molecular formula is C34H28N2O5. The van der Waals surface area contributed by atoms with Crippen LogP contribution in [0.1, 0.15) is 41.5 Å². The van der Waals surface area contributed by atoms with E-state index in [-0.39, 0.29) is 28.8 Å². The molecule has 1 aliphatic carbocycles. The monoisotopic (exact) mass is 544 g/mol. The van der Waals surface area contributed by atoms with E-state index in [4.69, 9.17) is 0 Å². The van der Waals surface area contributed by atoms with Crippen molar-refractivity contribution in [1.29, 1.82) is 0 Å². The Morgan fingerprint density at radius 3 is 1.49 bits per heavy atom. The summed E-state index contributed by atoms with van der Waals surface area (Å²) in [5.41, 5.74) is 5.48. The molecule has 4 N–H and O–H groups in total. The highest BCUT2D eigenvalue weighted by Gasteiger charge is 2.20. The minimum atomic E-state index is -0.0619. The highest BCUT2D eigenvalue weighted by atomic mass is 16.3. The number of rotatable bonds is 6. The summed E-state index contributed by atoms with van der Waals surface area (Å²) < 4.78 is 0. The second-order valence-electron chi connectivity index (χ2n) is 9.71. The molecule has 7 heteroatoms. The van der Waals surface area contributed by atoms with Crippen molar-refractivity contribution >= 4 is 41.7 Å². The number of allylic oxidation sites excluding steroid dienone is 2. The molecule has 0 atom stereocenters. The molecule has 5 rings (SSSR count). The van der Waals surface area contributed by atoms with Crippen LogP contribution in [0, 0.1) is 0 Å². The SMILES string of the molecule is O=C1/C(=C/c2cccc(N=Cc3ccc(O)cc3O)c2)CCC/C1=C\c1cccc(N=Cc2ccc(O)cc2O)c1. The van der Waals surface area contributed by atoms with Crippen LogP contribution >= 0.6 is 0 Å². The van der Waals surface area contributed by atoms with Gasteiger partial charge in [0.1, 0.15) is 23.0 Å². The van der Waals surface area contributed by atoms with Crippen molar-refractivity contribution in [2.75, 3.05) is 0 Å². The molecule has 0 bridgehead atoms. The van der Waals surface area contributed by atoms with Gasteiger partial charge in [-0.05, 0) is 91.1 Å². The van der Waals surface area contributed by atoms with E-state index in [0.29, 0.717) is 35.3 Å². The molecule has 0 aromatic heterocycles. The van der Waals surface area contributed by atoms with Crippen LogP contribution < -0.4 is 0 Å². The lowest BCUT2D eigenvalue weighted by molar-refractivity contribution is -0.112. The van der Waals surface area contributed by atoms with Crippen molar-refractivity contribution in [2.24, 2.45) is 9.98 Å². The zero-order valence-electron chi connectivity index (χ0n) is 22.1. The third kappa shape index (κ3) is 6.96. The van der Waals surface area contributed by atoms with E-state index < -0.39 is 0 Å². The van der Waals surface area contributed by atoms with E-state index in [1.165, 1.54) is 36.7 Å². The average Bonchev–Trinajstić information content (AvgIpc) is 2.95. The van der Waals surface area contributed by atoms with Crippen molar-refractivity contribution < 1.29 is 25.2 Å². The summed E-state index contributed by atoms with van der Waals surface area (Å²) in [5, 5.41) is 38.9. The van der Waals surface area contributed by atoms with Crippen LogP contribution in [0.5, 0.6) is 23.0 Å². The summed E-state index contributed by atoms with van der Waals surface area (Å²) in [4.78, 5) is 22.2. The molecule has 0 spiro atoms. The Bertz CT molecular complexity index is 1610. The van der Waals surface area contributed by atoms with Crippen LogP contribution in [-0.2, 0) is 4.79 Å². The number of carbonyl (C=O) groups excluding carboxylic acids is 1. The Morgan fingerprint density at radius 2 is 1.05 bits per heavy atom. The third-order valence-corrected chi connectivity index (χ3v) is 6.63. The summed E-state index contributed by atoms with van der Waals surface area (Å²) in [7, 11) is 0. The number of carbonyl (C=O) groups is 1. The number of benzene rings is 4. The maximum absolute atomic E-state index is 13.4. The zero-order valence-corrected chi connectivity index (χ0v) is 22.1. The zero-order chi connectivity index (χ0) is 28.8. The molecule has 1 aliphatic rings. The van der Waals surface area contributed by atoms with Crippen molar-refractivity contribution in [3.63, 3.8) is 0 Å². The van der Waals surface area contributed by atoms with Gasteiger partial charge in [-0.1, -0.05) is 24.3 Å². The molecule has 0 saturated heterocycles. The molecule has 204 valence electrons. The van der Waals surface area contributed by atoms with Crippen LogP contribution in [0.3, 0.4) is 0 Å². The number of aromatic hydroxyl groups is 4. The van der Waals surface area contributed by atoms with Crippen LogP contribution in [0.15, 0.2) is 106 Å². The van der Waals surface area contributed by atoms with Crippen LogP contribution in [0.25, 0.3) is 12.2 Å². The van der Waals surface area contributed by atoms with Crippen molar-refractivity contribution in [1.82, 2.24) is 0 Å². The third-order valence-electron chi connectivity index (χ3n) is 6.63. The Morgan fingerprint density at radius 1 is 0.585 bits per heavy atom. The number of phenols is 4. The van der Waals surface area contributed by atoms with Crippen LogP contribution in [-0.4, -0.2) is 38.6 Å². The molecule has 0 aliphatic heterocycles. The predicted octanol–water partition coefficient (Wildman–Crippen LogP) is 7.23. The minimum Gasteiger partial charge on any atom is -0.508 e. The first-order valence-corrected chi connectivity index (χ1v) is 13.1. The molecule has 0 unspecified atom stereocenters. The second kappa shape index (κ2) is 12.2. The summed E-state index contributed by atoms with van der Waals surface area (Å²) in [5.74, 6) is -0.151. The first-order chi connectivity index (χ1) is 19.8. The molecular weight excluding hydrogens is 516 g/mol. The van der Waals surface area contributed by atoms with E-state index in [2.05, 4.69) is 9.98 Å². The van der Waals surface area contributed by atoms with E-state index in [1.54, 1.807) is 12.1 Å². The molecule has 41 heavy (non-hydrogen) atoms. The maximum atomic E-state index is 13.4. The topological polar surface area (TPSA) is 123 Å². The maximum Gasteiger partial charge on any atom is 0.185 e. The largest absolute Gasteiger partial charge is 0.508 e. The van der Waals surface area contributed by atoms with Gasteiger partial charge in [0.25, 0.3) is 0 Å². The quantitative estimate of drug-likeness (QED) is 0.151. The normalized spacial score (nSPS) is 15.9. The van der Waals surface area contributed by atoms with E-state index in [9.17, 15) is 25.2 Å². The van der Waals surface area contributed by atoms with Crippen LogP contribution in [0.2, 0.25) is 0 Å². The fourth-order valence-electron chi connectivity index (χ4n) is 4.54.